The first-order valence-electron chi connectivity index (χ1n) is 6.64. The molecule has 0 fully saturated rings. The van der Waals surface area contributed by atoms with Crippen molar-refractivity contribution in [1.82, 2.24) is 9.97 Å². The number of pyridine rings is 1. The fraction of sp³-hybridized carbons (Fsp3) is 0.133. The van der Waals surface area contributed by atoms with E-state index in [0.29, 0.717) is 16.8 Å². The molecule has 0 aliphatic heterocycles. The Morgan fingerprint density at radius 2 is 2.17 bits per heavy atom. The number of fused-ring (bicyclic) bond motifs is 1. The molecule has 1 amide bonds. The average molecular weight is 331 g/mol. The zero-order valence-corrected chi connectivity index (χ0v) is 13.0. The first kappa shape index (κ1) is 15.2. The lowest BCUT2D eigenvalue weighted by Crippen LogP contribution is -2.13. The van der Waals surface area contributed by atoms with Gasteiger partial charge in [0.1, 0.15) is 34.4 Å². The van der Waals surface area contributed by atoms with E-state index in [0.717, 1.165) is 5.56 Å². The third kappa shape index (κ3) is 3.37. The van der Waals surface area contributed by atoms with Gasteiger partial charge in [-0.05, 0) is 29.8 Å². The summed E-state index contributed by atoms with van der Waals surface area (Å²) >= 11 is 0. The van der Waals surface area contributed by atoms with Crippen molar-refractivity contribution in [1.29, 1.82) is 0 Å². The van der Waals surface area contributed by atoms with Gasteiger partial charge in [-0.15, -0.1) is 0 Å². The number of rotatable bonds is 5. The molecule has 0 saturated heterocycles. The van der Waals surface area contributed by atoms with E-state index in [1.54, 1.807) is 30.3 Å². The van der Waals surface area contributed by atoms with Gasteiger partial charge < -0.3 is 14.9 Å². The SMILES string of the molecule is CS(=O)c1nc2ccc(OCc3ccnc(C(N)=O)c3)cc2o1. The Hall–Kier alpha value is -2.74. The van der Waals surface area contributed by atoms with Gasteiger partial charge in [-0.3, -0.25) is 9.78 Å². The molecule has 2 heterocycles. The summed E-state index contributed by atoms with van der Waals surface area (Å²) in [5.74, 6) is -0.0189. The number of benzene rings is 1. The van der Waals surface area contributed by atoms with Crippen LogP contribution >= 0.6 is 0 Å². The Bertz CT molecular complexity index is 907. The highest BCUT2D eigenvalue weighted by molar-refractivity contribution is 7.84. The van der Waals surface area contributed by atoms with Gasteiger partial charge in [0.05, 0.1) is 0 Å². The van der Waals surface area contributed by atoms with E-state index in [1.165, 1.54) is 12.5 Å². The maximum Gasteiger partial charge on any atom is 0.287 e. The quantitative estimate of drug-likeness (QED) is 0.761. The van der Waals surface area contributed by atoms with Crippen LogP contribution in [0.25, 0.3) is 11.1 Å². The summed E-state index contributed by atoms with van der Waals surface area (Å²) in [6.07, 6.45) is 3.00. The van der Waals surface area contributed by atoms with Gasteiger partial charge in [-0.1, -0.05) is 0 Å². The molecule has 0 bridgehead atoms. The summed E-state index contributed by atoms with van der Waals surface area (Å²) in [5, 5.41) is 0.178. The van der Waals surface area contributed by atoms with Crippen molar-refractivity contribution in [3.63, 3.8) is 0 Å². The van der Waals surface area contributed by atoms with Crippen molar-refractivity contribution in [3.05, 3.63) is 47.8 Å². The van der Waals surface area contributed by atoms with Crippen molar-refractivity contribution in [2.45, 2.75) is 11.8 Å². The molecule has 0 aliphatic carbocycles. The maximum absolute atomic E-state index is 11.4. The van der Waals surface area contributed by atoms with E-state index < -0.39 is 16.7 Å². The fourth-order valence-corrected chi connectivity index (χ4v) is 2.40. The number of nitrogens with two attached hydrogens (primary N) is 1. The van der Waals surface area contributed by atoms with Crippen molar-refractivity contribution < 1.29 is 18.2 Å². The Balaban J connectivity index is 1.77. The van der Waals surface area contributed by atoms with E-state index in [2.05, 4.69) is 9.97 Å². The summed E-state index contributed by atoms with van der Waals surface area (Å²) in [7, 11) is -1.28. The minimum atomic E-state index is -1.28. The van der Waals surface area contributed by atoms with Crippen LogP contribution in [-0.2, 0) is 17.4 Å². The monoisotopic (exact) mass is 331 g/mol. The molecule has 0 aliphatic rings. The van der Waals surface area contributed by atoms with Gasteiger partial charge in [0.25, 0.3) is 11.1 Å². The Kier molecular flexibility index (Phi) is 4.07. The summed E-state index contributed by atoms with van der Waals surface area (Å²) in [5.41, 5.74) is 7.26. The Morgan fingerprint density at radius 1 is 1.35 bits per heavy atom. The van der Waals surface area contributed by atoms with Crippen molar-refractivity contribution in [3.8, 4) is 5.75 Å². The zero-order chi connectivity index (χ0) is 16.4. The van der Waals surface area contributed by atoms with E-state index in [1.807, 2.05) is 0 Å². The molecule has 1 atom stereocenters. The lowest BCUT2D eigenvalue weighted by Gasteiger charge is -2.06. The maximum atomic E-state index is 11.4. The molecule has 1 aromatic carbocycles. The van der Waals surface area contributed by atoms with Gasteiger partial charge in [0, 0.05) is 18.5 Å². The predicted molar refractivity (Wildman–Crippen MR) is 83.4 cm³/mol. The van der Waals surface area contributed by atoms with Crippen LogP contribution in [0.15, 0.2) is 46.2 Å². The number of hydrogen-bond acceptors (Lipinski definition) is 6. The highest BCUT2D eigenvalue weighted by atomic mass is 32.2. The topological polar surface area (TPSA) is 108 Å². The average Bonchev–Trinajstić information content (AvgIpc) is 2.96. The third-order valence-corrected chi connectivity index (χ3v) is 3.73. The van der Waals surface area contributed by atoms with Gasteiger partial charge in [-0.25, -0.2) is 9.19 Å². The highest BCUT2D eigenvalue weighted by Gasteiger charge is 2.10. The smallest absolute Gasteiger partial charge is 0.287 e. The van der Waals surface area contributed by atoms with Crippen LogP contribution in [0.3, 0.4) is 0 Å². The second kappa shape index (κ2) is 6.17. The summed E-state index contributed by atoms with van der Waals surface area (Å²) in [6.45, 7) is 0.245. The van der Waals surface area contributed by atoms with Gasteiger partial charge in [-0.2, -0.15) is 0 Å². The van der Waals surface area contributed by atoms with E-state index >= 15 is 0 Å². The van der Waals surface area contributed by atoms with Crippen LogP contribution < -0.4 is 10.5 Å². The molecular formula is C15H13N3O4S. The number of nitrogens with zero attached hydrogens (tertiary/aromatic N) is 2. The van der Waals surface area contributed by atoms with Crippen LogP contribution in [0.1, 0.15) is 16.1 Å². The fourth-order valence-electron chi connectivity index (χ4n) is 1.96. The molecule has 2 aromatic heterocycles. The Morgan fingerprint density at radius 3 is 2.91 bits per heavy atom. The number of amides is 1. The zero-order valence-electron chi connectivity index (χ0n) is 12.2. The molecule has 118 valence electrons. The minimum absolute atomic E-state index is 0.178. The summed E-state index contributed by atoms with van der Waals surface area (Å²) < 4.78 is 22.4. The number of hydrogen-bond donors (Lipinski definition) is 1. The number of carbonyl (C=O) groups excluding carboxylic acids is 1. The van der Waals surface area contributed by atoms with Gasteiger partial charge >= 0.3 is 0 Å². The molecule has 2 N–H and O–H groups in total. The van der Waals surface area contributed by atoms with Crippen LogP contribution in [0.2, 0.25) is 0 Å². The number of oxazole rings is 1. The number of primary amides is 1. The van der Waals surface area contributed by atoms with Crippen molar-refractivity contribution in [2.24, 2.45) is 5.73 Å². The molecule has 0 spiro atoms. The van der Waals surface area contributed by atoms with Gasteiger partial charge in [0.15, 0.2) is 5.58 Å². The lowest BCUT2D eigenvalue weighted by molar-refractivity contribution is 0.0995. The first-order chi connectivity index (χ1) is 11.0. The number of carbonyl (C=O) groups is 1. The standard InChI is InChI=1S/C15H13N3O4S/c1-23(20)15-18-11-3-2-10(7-13(11)22-15)21-8-9-4-5-17-12(6-9)14(16)19/h2-7H,8H2,1H3,(H2,16,19). The van der Waals surface area contributed by atoms with Crippen molar-refractivity contribution >= 4 is 27.8 Å². The summed E-state index contributed by atoms with van der Waals surface area (Å²) in [6, 6.07) is 8.45. The second-order valence-corrected chi connectivity index (χ2v) is 6.02. The molecule has 3 rings (SSSR count). The molecular weight excluding hydrogens is 318 g/mol. The van der Waals surface area contributed by atoms with E-state index in [4.69, 9.17) is 14.9 Å². The lowest BCUT2D eigenvalue weighted by atomic mass is 10.2. The second-order valence-electron chi connectivity index (χ2n) is 4.77. The van der Waals surface area contributed by atoms with E-state index in [9.17, 15) is 9.00 Å². The number of ether oxygens (including phenoxy) is 1. The van der Waals surface area contributed by atoms with Crippen LogP contribution in [-0.4, -0.2) is 26.3 Å². The minimum Gasteiger partial charge on any atom is -0.489 e. The molecule has 0 radical (unpaired) electrons. The van der Waals surface area contributed by atoms with Crippen LogP contribution in [0, 0.1) is 0 Å². The predicted octanol–water partition coefficient (Wildman–Crippen LogP) is 1.64. The normalized spacial score (nSPS) is 12.2. The third-order valence-electron chi connectivity index (χ3n) is 3.07. The molecule has 8 heteroatoms. The molecule has 0 saturated carbocycles. The van der Waals surface area contributed by atoms with Crippen molar-refractivity contribution in [2.75, 3.05) is 6.26 Å². The highest BCUT2D eigenvalue weighted by Crippen LogP contribution is 2.23. The van der Waals surface area contributed by atoms with E-state index in [-0.39, 0.29) is 17.5 Å². The largest absolute Gasteiger partial charge is 0.489 e. The molecule has 23 heavy (non-hydrogen) atoms. The molecule has 7 nitrogen and oxygen atoms in total. The van der Waals surface area contributed by atoms with Crippen LogP contribution in [0.5, 0.6) is 5.75 Å². The number of aromatic nitrogens is 2. The Labute approximate surface area is 133 Å². The van der Waals surface area contributed by atoms with Gasteiger partial charge in [0.2, 0.25) is 0 Å². The first-order valence-corrected chi connectivity index (χ1v) is 8.20. The molecule has 3 aromatic rings. The summed E-state index contributed by atoms with van der Waals surface area (Å²) in [4.78, 5) is 19.1. The van der Waals surface area contributed by atoms with Crippen LogP contribution in [0.4, 0.5) is 0 Å². The molecule has 1 unspecified atom stereocenters.